The second-order valence-corrected chi connectivity index (χ2v) is 4.34. The molecule has 2 nitrogen and oxygen atoms in total. The molecule has 0 spiro atoms. The highest BCUT2D eigenvalue weighted by Gasteiger charge is 2.31. The van der Waals surface area contributed by atoms with Gasteiger partial charge in [0.05, 0.1) is 0 Å². The van der Waals surface area contributed by atoms with E-state index in [9.17, 15) is 13.2 Å². The van der Waals surface area contributed by atoms with Crippen molar-refractivity contribution in [2.24, 2.45) is 11.7 Å². The van der Waals surface area contributed by atoms with Crippen molar-refractivity contribution in [2.75, 3.05) is 0 Å². The van der Waals surface area contributed by atoms with Crippen molar-refractivity contribution in [1.82, 2.24) is 0 Å². The van der Waals surface area contributed by atoms with Gasteiger partial charge in [-0.25, -0.2) is 0 Å². The minimum Gasteiger partial charge on any atom is -0.406 e. The number of hydrogen-bond acceptors (Lipinski definition) is 2. The van der Waals surface area contributed by atoms with Crippen LogP contribution in [0.3, 0.4) is 0 Å². The molecular formula is C12H14F3NO. The molecule has 17 heavy (non-hydrogen) atoms. The third-order valence-corrected chi connectivity index (χ3v) is 3.13. The van der Waals surface area contributed by atoms with Crippen molar-refractivity contribution >= 4 is 0 Å². The van der Waals surface area contributed by atoms with E-state index in [-0.39, 0.29) is 11.8 Å². The van der Waals surface area contributed by atoms with E-state index in [1.54, 1.807) is 6.07 Å². The smallest absolute Gasteiger partial charge is 0.406 e. The second-order valence-electron chi connectivity index (χ2n) is 4.34. The standard InChI is InChI=1S/C12H14F3NO/c13-12(14,15)17-10-6-2-5-9(7-10)11(16)8-3-1-4-8/h2,5-8,11H,1,3-4,16H2. The van der Waals surface area contributed by atoms with Crippen LogP contribution in [0, 0.1) is 5.92 Å². The fourth-order valence-corrected chi connectivity index (χ4v) is 1.99. The topological polar surface area (TPSA) is 35.2 Å². The van der Waals surface area contributed by atoms with Gasteiger partial charge in [-0.3, -0.25) is 0 Å². The van der Waals surface area contributed by atoms with Crippen LogP contribution in [0.15, 0.2) is 24.3 Å². The summed E-state index contributed by atoms with van der Waals surface area (Å²) in [4.78, 5) is 0. The molecule has 1 unspecified atom stereocenters. The Morgan fingerprint density at radius 1 is 1.29 bits per heavy atom. The zero-order valence-corrected chi connectivity index (χ0v) is 9.20. The summed E-state index contributed by atoms with van der Waals surface area (Å²) in [7, 11) is 0. The van der Waals surface area contributed by atoms with E-state index in [2.05, 4.69) is 4.74 Å². The minimum absolute atomic E-state index is 0.194. The van der Waals surface area contributed by atoms with Gasteiger partial charge in [0, 0.05) is 6.04 Å². The molecule has 0 bridgehead atoms. The molecule has 0 aliphatic heterocycles. The molecule has 1 atom stereocenters. The molecule has 94 valence electrons. The van der Waals surface area contributed by atoms with Gasteiger partial charge in [0.1, 0.15) is 5.75 Å². The zero-order chi connectivity index (χ0) is 12.5. The van der Waals surface area contributed by atoms with Gasteiger partial charge in [-0.05, 0) is 36.5 Å². The lowest BCUT2D eigenvalue weighted by atomic mass is 9.77. The fourth-order valence-electron chi connectivity index (χ4n) is 1.99. The zero-order valence-electron chi connectivity index (χ0n) is 9.20. The Morgan fingerprint density at radius 3 is 2.53 bits per heavy atom. The second kappa shape index (κ2) is 4.56. The SMILES string of the molecule is NC(c1cccc(OC(F)(F)F)c1)C1CCC1. The monoisotopic (exact) mass is 245 g/mol. The van der Waals surface area contributed by atoms with Gasteiger partial charge < -0.3 is 10.5 Å². The summed E-state index contributed by atoms with van der Waals surface area (Å²) >= 11 is 0. The van der Waals surface area contributed by atoms with Gasteiger partial charge in [-0.15, -0.1) is 13.2 Å². The van der Waals surface area contributed by atoms with Crippen molar-refractivity contribution < 1.29 is 17.9 Å². The lowest BCUT2D eigenvalue weighted by molar-refractivity contribution is -0.274. The number of halogens is 3. The maximum atomic E-state index is 12.1. The quantitative estimate of drug-likeness (QED) is 0.885. The van der Waals surface area contributed by atoms with E-state index in [1.807, 2.05) is 0 Å². The summed E-state index contributed by atoms with van der Waals surface area (Å²) in [5, 5.41) is 0. The van der Waals surface area contributed by atoms with Crippen LogP contribution in [-0.2, 0) is 0 Å². The van der Waals surface area contributed by atoms with Gasteiger partial charge in [0.2, 0.25) is 0 Å². The molecular weight excluding hydrogens is 231 g/mol. The van der Waals surface area contributed by atoms with Gasteiger partial charge in [-0.2, -0.15) is 0 Å². The van der Waals surface area contributed by atoms with Crippen LogP contribution in [0.1, 0.15) is 30.9 Å². The van der Waals surface area contributed by atoms with Gasteiger partial charge in [0.25, 0.3) is 0 Å². The molecule has 0 aromatic heterocycles. The highest BCUT2D eigenvalue weighted by atomic mass is 19.4. The molecule has 0 radical (unpaired) electrons. The van der Waals surface area contributed by atoms with Gasteiger partial charge >= 0.3 is 6.36 Å². The van der Waals surface area contributed by atoms with Crippen LogP contribution in [0.2, 0.25) is 0 Å². The lowest BCUT2D eigenvalue weighted by Gasteiger charge is -2.31. The van der Waals surface area contributed by atoms with Gasteiger partial charge in [-0.1, -0.05) is 18.6 Å². The number of rotatable bonds is 3. The number of nitrogens with two attached hydrogens (primary N) is 1. The normalized spacial score (nSPS) is 18.6. The Kier molecular flexibility index (Phi) is 3.28. The van der Waals surface area contributed by atoms with E-state index in [4.69, 9.17) is 5.73 Å². The Hall–Kier alpha value is -1.23. The number of alkyl halides is 3. The number of benzene rings is 1. The summed E-state index contributed by atoms with van der Waals surface area (Å²) in [5.41, 5.74) is 6.70. The molecule has 1 saturated carbocycles. The van der Waals surface area contributed by atoms with Crippen molar-refractivity contribution in [2.45, 2.75) is 31.7 Å². The fraction of sp³-hybridized carbons (Fsp3) is 0.500. The molecule has 1 aliphatic carbocycles. The molecule has 0 heterocycles. The van der Waals surface area contributed by atoms with Crippen LogP contribution < -0.4 is 10.5 Å². The van der Waals surface area contributed by atoms with Crippen LogP contribution >= 0.6 is 0 Å². The van der Waals surface area contributed by atoms with Crippen molar-refractivity contribution in [3.05, 3.63) is 29.8 Å². The molecule has 1 aromatic carbocycles. The van der Waals surface area contributed by atoms with Crippen LogP contribution in [0.4, 0.5) is 13.2 Å². The third-order valence-electron chi connectivity index (χ3n) is 3.13. The third kappa shape index (κ3) is 3.12. The van der Waals surface area contributed by atoms with Crippen LogP contribution in [0.25, 0.3) is 0 Å². The Labute approximate surface area is 97.6 Å². The summed E-state index contributed by atoms with van der Waals surface area (Å²) in [6.45, 7) is 0. The van der Waals surface area contributed by atoms with Gasteiger partial charge in [0.15, 0.2) is 0 Å². The predicted molar refractivity (Wildman–Crippen MR) is 57.4 cm³/mol. The Morgan fingerprint density at radius 2 is 2.00 bits per heavy atom. The Balaban J connectivity index is 2.10. The first-order chi connectivity index (χ1) is 7.96. The summed E-state index contributed by atoms with van der Waals surface area (Å²) in [6, 6.07) is 5.74. The number of ether oxygens (including phenoxy) is 1. The van der Waals surface area contributed by atoms with E-state index >= 15 is 0 Å². The molecule has 1 fully saturated rings. The average molecular weight is 245 g/mol. The maximum absolute atomic E-state index is 12.1. The van der Waals surface area contributed by atoms with Crippen molar-refractivity contribution in [3.8, 4) is 5.75 Å². The van der Waals surface area contributed by atoms with Crippen LogP contribution in [0.5, 0.6) is 5.75 Å². The van der Waals surface area contributed by atoms with E-state index in [1.165, 1.54) is 18.2 Å². The molecule has 1 aliphatic rings. The maximum Gasteiger partial charge on any atom is 0.573 e. The highest BCUT2D eigenvalue weighted by Crippen LogP contribution is 2.37. The van der Waals surface area contributed by atoms with Crippen molar-refractivity contribution in [3.63, 3.8) is 0 Å². The summed E-state index contributed by atoms with van der Waals surface area (Å²) in [5.74, 6) is 0.181. The first kappa shape index (κ1) is 12.2. The average Bonchev–Trinajstić information content (AvgIpc) is 2.12. The molecule has 5 heteroatoms. The molecule has 2 rings (SSSR count). The predicted octanol–water partition coefficient (Wildman–Crippen LogP) is 3.39. The molecule has 0 amide bonds. The van der Waals surface area contributed by atoms with Crippen molar-refractivity contribution in [1.29, 1.82) is 0 Å². The minimum atomic E-state index is -4.65. The molecule has 0 saturated heterocycles. The molecule has 1 aromatic rings. The highest BCUT2D eigenvalue weighted by molar-refractivity contribution is 5.31. The first-order valence-electron chi connectivity index (χ1n) is 5.57. The van der Waals surface area contributed by atoms with Crippen LogP contribution in [-0.4, -0.2) is 6.36 Å². The van der Waals surface area contributed by atoms with E-state index in [0.717, 1.165) is 19.3 Å². The number of hydrogen-bond donors (Lipinski definition) is 1. The van der Waals surface area contributed by atoms with E-state index < -0.39 is 6.36 Å². The largest absolute Gasteiger partial charge is 0.573 e. The summed E-state index contributed by atoms with van der Waals surface area (Å²) < 4.78 is 40.0. The molecule has 2 N–H and O–H groups in total. The lowest BCUT2D eigenvalue weighted by Crippen LogP contribution is -2.27. The van der Waals surface area contributed by atoms with E-state index in [0.29, 0.717) is 11.5 Å². The first-order valence-corrected chi connectivity index (χ1v) is 5.57. The Bertz CT molecular complexity index is 388. The summed E-state index contributed by atoms with van der Waals surface area (Å²) in [6.07, 6.45) is -1.41.